The van der Waals surface area contributed by atoms with Crippen LogP contribution in [0.2, 0.25) is 0 Å². The van der Waals surface area contributed by atoms with Gasteiger partial charge in [0.05, 0.1) is 11.6 Å². The van der Waals surface area contributed by atoms with Gasteiger partial charge >= 0.3 is 0 Å². The van der Waals surface area contributed by atoms with Gasteiger partial charge in [0, 0.05) is 5.39 Å². The van der Waals surface area contributed by atoms with Crippen LogP contribution in [0.3, 0.4) is 0 Å². The third-order valence-electron chi connectivity index (χ3n) is 3.49. The van der Waals surface area contributed by atoms with Gasteiger partial charge in [-0.15, -0.1) is 10.2 Å². The van der Waals surface area contributed by atoms with Gasteiger partial charge < -0.3 is 11.1 Å². The topological polar surface area (TPSA) is 80.9 Å². The highest BCUT2D eigenvalue weighted by atomic mass is 19.1. The second kappa shape index (κ2) is 4.70. The van der Waals surface area contributed by atoms with Gasteiger partial charge in [-0.3, -0.25) is 4.79 Å². The first-order chi connectivity index (χ1) is 9.58. The summed E-state index contributed by atoms with van der Waals surface area (Å²) in [4.78, 5) is 11.7. The second-order valence-corrected chi connectivity index (χ2v) is 5.05. The van der Waals surface area contributed by atoms with Crippen molar-refractivity contribution >= 4 is 28.3 Å². The number of carbonyl (C=O) groups excluding carboxylic acids is 1. The lowest BCUT2D eigenvalue weighted by Gasteiger charge is -2.07. The lowest BCUT2D eigenvalue weighted by atomic mass is 10.1. The highest BCUT2D eigenvalue weighted by Crippen LogP contribution is 2.34. The summed E-state index contributed by atoms with van der Waals surface area (Å²) >= 11 is 0. The summed E-state index contributed by atoms with van der Waals surface area (Å²) in [6.45, 7) is 2.03. The van der Waals surface area contributed by atoms with Crippen LogP contribution < -0.4 is 11.1 Å². The van der Waals surface area contributed by atoms with Gasteiger partial charge in [0.25, 0.3) is 0 Å². The zero-order valence-corrected chi connectivity index (χ0v) is 11.1. The predicted octanol–water partition coefficient (Wildman–Crippen LogP) is 2.07. The number of carbonyl (C=O) groups is 1. The van der Waals surface area contributed by atoms with E-state index in [2.05, 4.69) is 15.5 Å². The number of aryl methyl sites for hydroxylation is 1. The van der Waals surface area contributed by atoms with Crippen molar-refractivity contribution in [2.45, 2.75) is 25.9 Å². The van der Waals surface area contributed by atoms with E-state index in [1.807, 2.05) is 19.1 Å². The van der Waals surface area contributed by atoms with Crippen molar-refractivity contribution in [3.05, 3.63) is 23.8 Å². The fourth-order valence-electron chi connectivity index (χ4n) is 2.17. The maximum Gasteiger partial charge on any atom is 0.231 e. The molecule has 1 saturated carbocycles. The van der Waals surface area contributed by atoms with Gasteiger partial charge in [-0.1, -0.05) is 6.92 Å². The molecule has 1 heterocycles. The fraction of sp³-hybridized carbons (Fsp3) is 0.357. The number of nitrogen functional groups attached to an aromatic ring is 1. The number of benzene rings is 1. The Hall–Kier alpha value is -2.24. The van der Waals surface area contributed by atoms with Gasteiger partial charge in [-0.2, -0.15) is 0 Å². The first-order valence-electron chi connectivity index (χ1n) is 6.59. The van der Waals surface area contributed by atoms with Crippen LogP contribution in [-0.4, -0.2) is 22.3 Å². The maximum atomic E-state index is 12.8. The van der Waals surface area contributed by atoms with E-state index < -0.39 is 12.1 Å². The predicted molar refractivity (Wildman–Crippen MR) is 75.0 cm³/mol. The Morgan fingerprint density at radius 1 is 1.45 bits per heavy atom. The quantitative estimate of drug-likeness (QED) is 0.839. The largest absolute Gasteiger partial charge is 0.397 e. The zero-order valence-electron chi connectivity index (χ0n) is 11.1. The maximum absolute atomic E-state index is 12.8. The number of hydrogen-bond acceptors (Lipinski definition) is 4. The summed E-state index contributed by atoms with van der Waals surface area (Å²) in [6, 6.07) is 5.55. The number of rotatable bonds is 3. The van der Waals surface area contributed by atoms with Gasteiger partial charge in [0.1, 0.15) is 11.7 Å². The average Bonchev–Trinajstić information content (AvgIpc) is 3.15. The van der Waals surface area contributed by atoms with Crippen LogP contribution in [0.4, 0.5) is 15.9 Å². The second-order valence-electron chi connectivity index (χ2n) is 5.05. The Bertz CT molecular complexity index is 688. The van der Waals surface area contributed by atoms with Gasteiger partial charge in [0.15, 0.2) is 5.82 Å². The monoisotopic (exact) mass is 274 g/mol. The highest BCUT2D eigenvalue weighted by Gasteiger charge is 2.43. The Morgan fingerprint density at radius 2 is 2.20 bits per heavy atom. The van der Waals surface area contributed by atoms with E-state index in [1.165, 1.54) is 0 Å². The number of nitrogens with one attached hydrogen (secondary N) is 1. The molecule has 0 aliphatic heterocycles. The molecular formula is C14H15FN4O. The highest BCUT2D eigenvalue weighted by molar-refractivity contribution is 5.96. The smallest absolute Gasteiger partial charge is 0.231 e. The Kier molecular flexibility index (Phi) is 3.00. The molecular weight excluding hydrogens is 259 g/mol. The summed E-state index contributed by atoms with van der Waals surface area (Å²) in [5.74, 6) is -0.556. The minimum atomic E-state index is -1.02. The first-order valence-corrected chi connectivity index (χ1v) is 6.59. The molecule has 1 fully saturated rings. The molecule has 1 aliphatic rings. The normalized spacial score (nSPS) is 20.9. The Labute approximate surface area is 115 Å². The number of alkyl halides is 1. The molecule has 0 unspecified atom stereocenters. The van der Waals surface area contributed by atoms with E-state index in [0.717, 1.165) is 17.4 Å². The molecule has 3 N–H and O–H groups in total. The molecule has 0 spiro atoms. The molecule has 0 radical (unpaired) electrons. The van der Waals surface area contributed by atoms with E-state index in [9.17, 15) is 9.18 Å². The van der Waals surface area contributed by atoms with Crippen LogP contribution in [0.25, 0.3) is 10.9 Å². The van der Waals surface area contributed by atoms with Gasteiger partial charge in [-0.05, 0) is 36.6 Å². The number of amides is 1. The van der Waals surface area contributed by atoms with Crippen molar-refractivity contribution in [2.24, 2.45) is 5.92 Å². The molecule has 1 aliphatic carbocycles. The summed E-state index contributed by atoms with van der Waals surface area (Å²) < 4.78 is 12.8. The molecule has 0 saturated heterocycles. The van der Waals surface area contributed by atoms with Crippen molar-refractivity contribution in [1.82, 2.24) is 10.2 Å². The zero-order chi connectivity index (χ0) is 14.3. The number of anilines is 2. The van der Waals surface area contributed by atoms with E-state index in [1.54, 1.807) is 6.07 Å². The first kappa shape index (κ1) is 12.8. The summed E-state index contributed by atoms with van der Waals surface area (Å²) in [5, 5.41) is 11.3. The summed E-state index contributed by atoms with van der Waals surface area (Å²) in [6.07, 6.45) is 0.126. The molecule has 2 atom stereocenters. The molecule has 3 rings (SSSR count). The van der Waals surface area contributed by atoms with Crippen molar-refractivity contribution in [2.75, 3.05) is 11.1 Å². The standard InChI is InChI=1S/C14H15FN4O/c1-2-7-3-8-5-12(17-14(20)9-6-10(9)15)18-19-13(8)11(16)4-7/h3-5,9-10H,2,6,16H2,1H3,(H,17,18,20)/t9-,10+/m0/s1. The molecule has 1 amide bonds. The number of halogens is 1. The van der Waals surface area contributed by atoms with Crippen molar-refractivity contribution < 1.29 is 9.18 Å². The number of aromatic nitrogens is 2. The van der Waals surface area contributed by atoms with Gasteiger partial charge in [0.2, 0.25) is 5.91 Å². The van der Waals surface area contributed by atoms with Crippen LogP contribution in [0, 0.1) is 5.92 Å². The average molecular weight is 274 g/mol. The van der Waals surface area contributed by atoms with E-state index in [0.29, 0.717) is 23.4 Å². The Morgan fingerprint density at radius 3 is 2.85 bits per heavy atom. The van der Waals surface area contributed by atoms with Gasteiger partial charge in [-0.25, -0.2) is 4.39 Å². The molecule has 6 heteroatoms. The number of hydrogen-bond donors (Lipinski definition) is 2. The minimum absolute atomic E-state index is 0.291. The lowest BCUT2D eigenvalue weighted by molar-refractivity contribution is -0.117. The molecule has 2 aromatic rings. The SMILES string of the molecule is CCc1cc(N)c2nnc(NC(=O)[C@H]3C[C@H]3F)cc2c1. The van der Waals surface area contributed by atoms with Crippen LogP contribution in [0.5, 0.6) is 0 Å². The van der Waals surface area contributed by atoms with Crippen LogP contribution in [-0.2, 0) is 11.2 Å². The van der Waals surface area contributed by atoms with Crippen molar-refractivity contribution in [3.63, 3.8) is 0 Å². The van der Waals surface area contributed by atoms with Crippen molar-refractivity contribution in [3.8, 4) is 0 Å². The van der Waals surface area contributed by atoms with Crippen LogP contribution in [0.15, 0.2) is 18.2 Å². The van der Waals surface area contributed by atoms with Crippen molar-refractivity contribution in [1.29, 1.82) is 0 Å². The van der Waals surface area contributed by atoms with E-state index in [4.69, 9.17) is 5.73 Å². The lowest BCUT2D eigenvalue weighted by Crippen LogP contribution is -2.16. The molecule has 5 nitrogen and oxygen atoms in total. The van der Waals surface area contributed by atoms with E-state index >= 15 is 0 Å². The third kappa shape index (κ3) is 2.29. The third-order valence-corrected chi connectivity index (χ3v) is 3.49. The molecule has 1 aromatic carbocycles. The molecule has 20 heavy (non-hydrogen) atoms. The molecule has 1 aromatic heterocycles. The van der Waals surface area contributed by atoms with E-state index in [-0.39, 0.29) is 5.91 Å². The summed E-state index contributed by atoms with van der Waals surface area (Å²) in [5.41, 5.74) is 8.18. The number of fused-ring (bicyclic) bond motifs is 1. The summed E-state index contributed by atoms with van der Waals surface area (Å²) in [7, 11) is 0. The van der Waals surface area contributed by atoms with Crippen LogP contribution in [0.1, 0.15) is 18.9 Å². The number of nitrogens with two attached hydrogens (primary N) is 1. The number of nitrogens with zero attached hydrogens (tertiary/aromatic N) is 2. The van der Waals surface area contributed by atoms with Crippen LogP contribution >= 0.6 is 0 Å². The Balaban J connectivity index is 1.91. The molecule has 104 valence electrons. The fourth-order valence-corrected chi connectivity index (χ4v) is 2.17. The minimum Gasteiger partial charge on any atom is -0.397 e. The molecule has 0 bridgehead atoms.